The van der Waals surface area contributed by atoms with Crippen LogP contribution in [0.5, 0.6) is 0 Å². The summed E-state index contributed by atoms with van der Waals surface area (Å²) in [6.07, 6.45) is 1.66. The van der Waals surface area contributed by atoms with Gasteiger partial charge >= 0.3 is 0 Å². The van der Waals surface area contributed by atoms with E-state index in [-0.39, 0.29) is 6.04 Å². The highest BCUT2D eigenvalue weighted by Gasteiger charge is 2.24. The van der Waals surface area contributed by atoms with Crippen LogP contribution in [0.25, 0.3) is 0 Å². The minimum Gasteiger partial charge on any atom is -0.308 e. The fourth-order valence-electron chi connectivity index (χ4n) is 2.00. The molecule has 116 valence electrons. The second kappa shape index (κ2) is 7.54. The molecule has 0 amide bonds. The zero-order valence-electron chi connectivity index (χ0n) is 11.6. The summed E-state index contributed by atoms with van der Waals surface area (Å²) in [4.78, 5) is 2.10. The van der Waals surface area contributed by atoms with Gasteiger partial charge in [-0.25, -0.2) is 5.43 Å². The van der Waals surface area contributed by atoms with E-state index < -0.39 is 0 Å². The Morgan fingerprint density at radius 3 is 2.76 bits per heavy atom. The van der Waals surface area contributed by atoms with Gasteiger partial charge in [0, 0.05) is 12.1 Å². The number of nitrogens with two attached hydrogens (primary N) is 1. The van der Waals surface area contributed by atoms with E-state index in [1.54, 1.807) is 17.5 Å². The molecule has 0 fully saturated rings. The van der Waals surface area contributed by atoms with Crippen LogP contribution in [0.15, 0.2) is 19.8 Å². The molecule has 0 radical (unpaired) electrons. The fourth-order valence-corrected chi connectivity index (χ4v) is 5.15. The lowest BCUT2D eigenvalue weighted by atomic mass is 10.1. The van der Waals surface area contributed by atoms with Crippen LogP contribution < -0.4 is 11.3 Å². The third-order valence-electron chi connectivity index (χ3n) is 3.03. The molecular weight excluding hydrogens is 441 g/mol. The van der Waals surface area contributed by atoms with Gasteiger partial charge in [0.2, 0.25) is 0 Å². The topological polar surface area (TPSA) is 59.1 Å². The monoisotopic (exact) mass is 455 g/mol. The molecular formula is C12H16Br2ClN5S. The molecule has 2 heterocycles. The number of nitrogens with one attached hydrogen (secondary N) is 1. The maximum atomic E-state index is 6.33. The number of likely N-dealkylation sites (N-methyl/N-ethyl adjacent to an activating group) is 1. The van der Waals surface area contributed by atoms with Crippen LogP contribution in [-0.2, 0) is 6.54 Å². The first-order valence-electron chi connectivity index (χ1n) is 6.20. The highest BCUT2D eigenvalue weighted by molar-refractivity contribution is 9.12. The van der Waals surface area contributed by atoms with Crippen LogP contribution in [0.2, 0.25) is 5.02 Å². The Balaban J connectivity index is 2.38. The summed E-state index contributed by atoms with van der Waals surface area (Å²) in [5.74, 6) is 5.78. The third kappa shape index (κ3) is 4.07. The number of thiophene rings is 1. The van der Waals surface area contributed by atoms with Crippen molar-refractivity contribution in [3.63, 3.8) is 0 Å². The lowest BCUT2D eigenvalue weighted by Gasteiger charge is -2.19. The van der Waals surface area contributed by atoms with Crippen molar-refractivity contribution in [2.75, 3.05) is 20.6 Å². The summed E-state index contributed by atoms with van der Waals surface area (Å²) in [7, 11) is 4.05. The molecule has 0 bridgehead atoms. The Bertz CT molecular complexity index is 613. The summed E-state index contributed by atoms with van der Waals surface area (Å²) in [6, 6.07) is 1.80. The Morgan fingerprint density at radius 2 is 2.24 bits per heavy atom. The van der Waals surface area contributed by atoms with E-state index in [1.165, 1.54) is 0 Å². The summed E-state index contributed by atoms with van der Waals surface area (Å²) < 4.78 is 3.93. The molecule has 0 aliphatic rings. The first-order valence-corrected chi connectivity index (χ1v) is 8.99. The predicted octanol–water partition coefficient (Wildman–Crippen LogP) is 3.24. The van der Waals surface area contributed by atoms with E-state index in [1.807, 2.05) is 24.8 Å². The zero-order chi connectivity index (χ0) is 15.6. The number of hydrogen-bond donors (Lipinski definition) is 2. The van der Waals surface area contributed by atoms with E-state index in [0.717, 1.165) is 31.9 Å². The first-order chi connectivity index (χ1) is 9.93. The minimum absolute atomic E-state index is 0.223. The van der Waals surface area contributed by atoms with Gasteiger partial charge in [-0.15, -0.1) is 11.3 Å². The van der Waals surface area contributed by atoms with Crippen LogP contribution in [0.4, 0.5) is 0 Å². The number of aromatic nitrogens is 2. The molecule has 3 N–H and O–H groups in total. The second-order valence-electron chi connectivity index (χ2n) is 4.78. The Labute approximate surface area is 149 Å². The van der Waals surface area contributed by atoms with Gasteiger partial charge in [0.05, 0.1) is 37.1 Å². The SMILES string of the molecule is CN(C)CCn1ncc(Cl)c1C(NN)c1cc(Br)sc1Br. The van der Waals surface area contributed by atoms with Crippen LogP contribution in [0.1, 0.15) is 17.3 Å². The molecule has 0 aromatic carbocycles. The predicted molar refractivity (Wildman–Crippen MR) is 94.7 cm³/mol. The number of hydrogen-bond acceptors (Lipinski definition) is 5. The smallest absolute Gasteiger partial charge is 0.0912 e. The van der Waals surface area contributed by atoms with Crippen LogP contribution >= 0.6 is 54.8 Å². The van der Waals surface area contributed by atoms with Crippen LogP contribution in [-0.4, -0.2) is 35.3 Å². The lowest BCUT2D eigenvalue weighted by molar-refractivity contribution is 0.365. The third-order valence-corrected chi connectivity index (χ3v) is 5.70. The molecule has 9 heteroatoms. The average Bonchev–Trinajstić information content (AvgIpc) is 2.93. The molecule has 0 saturated heterocycles. The second-order valence-corrected chi connectivity index (χ2v) is 8.94. The minimum atomic E-state index is -0.223. The molecule has 1 atom stereocenters. The van der Waals surface area contributed by atoms with Gasteiger partial charge in [-0.05, 0) is 52.0 Å². The van der Waals surface area contributed by atoms with E-state index in [9.17, 15) is 0 Å². The lowest BCUT2D eigenvalue weighted by Crippen LogP contribution is -2.32. The molecule has 2 aromatic rings. The average molecular weight is 458 g/mol. The van der Waals surface area contributed by atoms with E-state index in [4.69, 9.17) is 17.4 Å². The Hall–Kier alpha value is 0.0400. The van der Waals surface area contributed by atoms with Crippen molar-refractivity contribution in [1.82, 2.24) is 20.1 Å². The molecule has 0 saturated carbocycles. The van der Waals surface area contributed by atoms with E-state index >= 15 is 0 Å². The van der Waals surface area contributed by atoms with E-state index in [2.05, 4.69) is 47.3 Å². The summed E-state index contributed by atoms with van der Waals surface area (Å²) in [6.45, 7) is 1.62. The summed E-state index contributed by atoms with van der Waals surface area (Å²) in [5.41, 5.74) is 4.74. The Kier molecular flexibility index (Phi) is 6.25. The molecule has 2 aromatic heterocycles. The number of nitrogens with zero attached hydrogens (tertiary/aromatic N) is 3. The van der Waals surface area contributed by atoms with Gasteiger partial charge in [0.15, 0.2) is 0 Å². The summed E-state index contributed by atoms with van der Waals surface area (Å²) in [5, 5.41) is 4.96. The molecule has 21 heavy (non-hydrogen) atoms. The van der Waals surface area contributed by atoms with Gasteiger partial charge < -0.3 is 4.90 Å². The molecule has 0 aliphatic carbocycles. The zero-order valence-corrected chi connectivity index (χ0v) is 16.4. The number of halogens is 3. The van der Waals surface area contributed by atoms with Gasteiger partial charge in [-0.1, -0.05) is 11.6 Å². The standard InChI is InChI=1S/C12H16Br2ClN5S/c1-19(2)3-4-20-11(8(15)6-17-20)10(18-16)7-5-9(13)21-12(7)14/h5-6,10,18H,3-4,16H2,1-2H3. The van der Waals surface area contributed by atoms with Crippen LogP contribution in [0, 0.1) is 0 Å². The van der Waals surface area contributed by atoms with Crippen LogP contribution in [0.3, 0.4) is 0 Å². The van der Waals surface area contributed by atoms with E-state index in [0.29, 0.717) is 5.02 Å². The first kappa shape index (κ1) is 17.4. The van der Waals surface area contributed by atoms with Crippen molar-refractivity contribution in [2.24, 2.45) is 5.84 Å². The maximum Gasteiger partial charge on any atom is 0.0912 e. The normalized spacial score (nSPS) is 13.1. The molecule has 5 nitrogen and oxygen atoms in total. The Morgan fingerprint density at radius 1 is 1.52 bits per heavy atom. The fraction of sp³-hybridized carbons (Fsp3) is 0.417. The van der Waals surface area contributed by atoms with Gasteiger partial charge in [0.1, 0.15) is 0 Å². The van der Waals surface area contributed by atoms with Gasteiger partial charge in [-0.2, -0.15) is 5.10 Å². The maximum absolute atomic E-state index is 6.33. The highest BCUT2D eigenvalue weighted by Crippen LogP contribution is 2.39. The largest absolute Gasteiger partial charge is 0.308 e. The van der Waals surface area contributed by atoms with Crippen molar-refractivity contribution >= 4 is 54.8 Å². The van der Waals surface area contributed by atoms with Crippen molar-refractivity contribution in [1.29, 1.82) is 0 Å². The summed E-state index contributed by atoms with van der Waals surface area (Å²) >= 11 is 15.0. The van der Waals surface area contributed by atoms with Crippen molar-refractivity contribution in [2.45, 2.75) is 12.6 Å². The molecule has 0 aliphatic heterocycles. The van der Waals surface area contributed by atoms with Gasteiger partial charge in [-0.3, -0.25) is 10.5 Å². The van der Waals surface area contributed by atoms with Crippen molar-refractivity contribution < 1.29 is 0 Å². The molecule has 2 rings (SSSR count). The van der Waals surface area contributed by atoms with Crippen molar-refractivity contribution in [3.05, 3.63) is 36.1 Å². The number of hydrazine groups is 1. The van der Waals surface area contributed by atoms with Crippen molar-refractivity contribution in [3.8, 4) is 0 Å². The molecule has 1 unspecified atom stereocenters. The quantitative estimate of drug-likeness (QED) is 0.517. The number of rotatable bonds is 6. The molecule has 0 spiro atoms. The van der Waals surface area contributed by atoms with Gasteiger partial charge in [0.25, 0.3) is 0 Å². The highest BCUT2D eigenvalue weighted by atomic mass is 79.9.